The highest BCUT2D eigenvalue weighted by Gasteiger charge is 2.13. The van der Waals surface area contributed by atoms with E-state index < -0.39 is 11.9 Å². The van der Waals surface area contributed by atoms with Gasteiger partial charge in [0.05, 0.1) is 11.6 Å². The Balaban J connectivity index is 1.72. The maximum Gasteiger partial charge on any atom is 0.255 e. The second kappa shape index (κ2) is 7.56. The van der Waals surface area contributed by atoms with Crippen LogP contribution in [0.25, 0.3) is 11.4 Å². The Morgan fingerprint density at radius 1 is 1.32 bits per heavy atom. The first-order valence-electron chi connectivity index (χ1n) is 7.33. The molecular weight excluding hydrogens is 351 g/mol. The second-order valence-corrected chi connectivity index (χ2v) is 5.66. The van der Waals surface area contributed by atoms with Crippen molar-refractivity contribution >= 4 is 11.6 Å². The number of pyridine rings is 1. The molecular formula is C16H14ClFN4O3. The Bertz CT molecular complexity index is 857. The molecule has 0 aliphatic carbocycles. The Kier molecular flexibility index (Phi) is 5.22. The number of benzene rings is 1. The van der Waals surface area contributed by atoms with Crippen LogP contribution in [0.1, 0.15) is 5.89 Å². The zero-order valence-electron chi connectivity index (χ0n) is 12.9. The predicted octanol–water partition coefficient (Wildman–Crippen LogP) is 2.58. The quantitative estimate of drug-likeness (QED) is 0.692. The molecule has 1 atom stereocenters. The summed E-state index contributed by atoms with van der Waals surface area (Å²) in [5.41, 5.74) is 6.31. The van der Waals surface area contributed by atoms with Crippen molar-refractivity contribution in [2.24, 2.45) is 5.73 Å². The predicted molar refractivity (Wildman–Crippen MR) is 87.8 cm³/mol. The van der Waals surface area contributed by atoms with Gasteiger partial charge in [-0.05, 0) is 30.3 Å². The van der Waals surface area contributed by atoms with Gasteiger partial charge in [0.15, 0.2) is 5.82 Å². The van der Waals surface area contributed by atoms with Crippen LogP contribution in [-0.2, 0) is 6.42 Å². The van der Waals surface area contributed by atoms with Gasteiger partial charge in [0.1, 0.15) is 5.75 Å². The van der Waals surface area contributed by atoms with Crippen LogP contribution in [0.4, 0.5) is 4.39 Å². The lowest BCUT2D eigenvalue weighted by Crippen LogP contribution is -2.26. The van der Waals surface area contributed by atoms with Crippen molar-refractivity contribution < 1.29 is 18.8 Å². The Morgan fingerprint density at radius 3 is 2.76 bits per heavy atom. The number of nitrogens with two attached hydrogens (primary N) is 1. The molecule has 2 heterocycles. The molecule has 2 aromatic heterocycles. The number of aromatic nitrogens is 3. The van der Waals surface area contributed by atoms with Crippen LogP contribution in [0.2, 0.25) is 5.02 Å². The highest BCUT2D eigenvalue weighted by molar-refractivity contribution is 6.30. The molecule has 1 aromatic carbocycles. The average Bonchev–Trinajstić information content (AvgIpc) is 3.06. The fraction of sp³-hybridized carbons (Fsp3) is 0.188. The van der Waals surface area contributed by atoms with Gasteiger partial charge in [0, 0.05) is 24.2 Å². The van der Waals surface area contributed by atoms with Crippen LogP contribution in [0.5, 0.6) is 11.6 Å². The molecule has 0 radical (unpaired) electrons. The molecule has 0 bridgehead atoms. The third kappa shape index (κ3) is 4.30. The topological polar surface area (TPSA) is 107 Å². The lowest BCUT2D eigenvalue weighted by Gasteiger charge is -2.06. The van der Waals surface area contributed by atoms with E-state index in [1.54, 1.807) is 24.3 Å². The largest absolute Gasteiger partial charge is 0.436 e. The van der Waals surface area contributed by atoms with E-state index in [2.05, 4.69) is 15.1 Å². The Morgan fingerprint density at radius 2 is 2.08 bits per heavy atom. The standard InChI is InChI=1S/C16H14ClFN4O3/c17-10-5-13(18)16(20-7-10)24-12-3-1-9(2-4-12)15-21-14(25-22-15)6-11(19)8-23/h1-5,7,11,23H,6,8,19H2/t11-/m1/s1. The molecule has 0 saturated heterocycles. The number of nitrogens with zero attached hydrogens (tertiary/aromatic N) is 3. The summed E-state index contributed by atoms with van der Waals surface area (Å²) in [5.74, 6) is 0.284. The summed E-state index contributed by atoms with van der Waals surface area (Å²) < 4.78 is 24.1. The van der Waals surface area contributed by atoms with Crippen LogP contribution in [0.15, 0.2) is 41.1 Å². The summed E-state index contributed by atoms with van der Waals surface area (Å²) in [6, 6.07) is 7.32. The molecule has 0 saturated carbocycles. The highest BCUT2D eigenvalue weighted by Crippen LogP contribution is 2.26. The van der Waals surface area contributed by atoms with Gasteiger partial charge in [0.25, 0.3) is 5.88 Å². The Hall–Kier alpha value is -2.55. The zero-order valence-corrected chi connectivity index (χ0v) is 13.7. The second-order valence-electron chi connectivity index (χ2n) is 5.23. The number of hydrogen-bond acceptors (Lipinski definition) is 7. The number of hydrogen-bond donors (Lipinski definition) is 2. The van der Waals surface area contributed by atoms with E-state index in [9.17, 15) is 4.39 Å². The molecule has 25 heavy (non-hydrogen) atoms. The SMILES string of the molecule is N[C@@H](CO)Cc1nc(-c2ccc(Oc3ncc(Cl)cc3F)cc2)no1. The van der Waals surface area contributed by atoms with E-state index in [1.165, 1.54) is 6.20 Å². The van der Waals surface area contributed by atoms with Crippen LogP contribution < -0.4 is 10.5 Å². The summed E-state index contributed by atoms with van der Waals surface area (Å²) >= 11 is 5.65. The molecule has 0 aliphatic heterocycles. The molecule has 9 heteroatoms. The lowest BCUT2D eigenvalue weighted by atomic mass is 10.2. The van der Waals surface area contributed by atoms with Gasteiger partial charge in [-0.15, -0.1) is 0 Å². The van der Waals surface area contributed by atoms with E-state index >= 15 is 0 Å². The first-order valence-corrected chi connectivity index (χ1v) is 7.71. The number of halogens is 2. The van der Waals surface area contributed by atoms with Crippen molar-refractivity contribution in [3.05, 3.63) is 53.3 Å². The maximum absolute atomic E-state index is 13.7. The van der Waals surface area contributed by atoms with Gasteiger partial charge in [-0.25, -0.2) is 9.37 Å². The van der Waals surface area contributed by atoms with Crippen molar-refractivity contribution in [2.45, 2.75) is 12.5 Å². The number of aliphatic hydroxyl groups excluding tert-OH is 1. The van der Waals surface area contributed by atoms with Crippen LogP contribution in [0, 0.1) is 5.82 Å². The molecule has 130 valence electrons. The average molecular weight is 365 g/mol. The van der Waals surface area contributed by atoms with Crippen LogP contribution in [0.3, 0.4) is 0 Å². The number of aliphatic hydroxyl groups is 1. The molecule has 0 amide bonds. The third-order valence-corrected chi connectivity index (χ3v) is 3.45. The van der Waals surface area contributed by atoms with Crippen LogP contribution in [-0.4, -0.2) is 32.9 Å². The molecule has 3 N–H and O–H groups in total. The van der Waals surface area contributed by atoms with Gasteiger partial charge >= 0.3 is 0 Å². The van der Waals surface area contributed by atoms with Crippen molar-refractivity contribution in [3.63, 3.8) is 0 Å². The molecule has 0 aliphatic rings. The molecule has 3 aromatic rings. The molecule has 0 unspecified atom stereocenters. The summed E-state index contributed by atoms with van der Waals surface area (Å²) in [7, 11) is 0. The van der Waals surface area contributed by atoms with Crippen LogP contribution >= 0.6 is 11.6 Å². The minimum atomic E-state index is -0.653. The number of ether oxygens (including phenoxy) is 1. The van der Waals surface area contributed by atoms with Gasteiger partial charge in [-0.1, -0.05) is 16.8 Å². The third-order valence-electron chi connectivity index (χ3n) is 3.24. The van der Waals surface area contributed by atoms with Crippen molar-refractivity contribution in [3.8, 4) is 23.0 Å². The Labute approximate surface area is 147 Å². The maximum atomic E-state index is 13.7. The van der Waals surface area contributed by atoms with E-state index in [0.29, 0.717) is 23.0 Å². The smallest absolute Gasteiger partial charge is 0.255 e. The normalized spacial score (nSPS) is 12.2. The molecule has 0 fully saturated rings. The summed E-state index contributed by atoms with van der Waals surface area (Å²) in [6.45, 7) is -0.168. The first kappa shape index (κ1) is 17.3. The summed E-state index contributed by atoms with van der Waals surface area (Å²) in [4.78, 5) is 8.00. The van der Waals surface area contributed by atoms with Gasteiger partial charge < -0.3 is 20.1 Å². The van der Waals surface area contributed by atoms with Gasteiger partial charge in [0.2, 0.25) is 11.7 Å². The van der Waals surface area contributed by atoms with Gasteiger partial charge in [-0.3, -0.25) is 0 Å². The molecule has 3 rings (SSSR count). The molecule has 0 spiro atoms. The lowest BCUT2D eigenvalue weighted by molar-refractivity contribution is 0.254. The minimum Gasteiger partial charge on any atom is -0.436 e. The highest BCUT2D eigenvalue weighted by atomic mass is 35.5. The zero-order chi connectivity index (χ0) is 17.8. The summed E-state index contributed by atoms with van der Waals surface area (Å²) in [6.07, 6.45) is 1.58. The van der Waals surface area contributed by atoms with Gasteiger partial charge in [-0.2, -0.15) is 4.98 Å². The monoisotopic (exact) mass is 364 g/mol. The first-order chi connectivity index (χ1) is 12.0. The number of rotatable bonds is 6. The minimum absolute atomic E-state index is 0.168. The van der Waals surface area contributed by atoms with E-state index in [0.717, 1.165) is 6.07 Å². The van der Waals surface area contributed by atoms with E-state index in [1.807, 2.05) is 0 Å². The fourth-order valence-electron chi connectivity index (χ4n) is 2.00. The fourth-order valence-corrected chi connectivity index (χ4v) is 2.15. The van der Waals surface area contributed by atoms with Crippen molar-refractivity contribution in [2.75, 3.05) is 6.61 Å². The van der Waals surface area contributed by atoms with Crippen molar-refractivity contribution in [1.29, 1.82) is 0 Å². The van der Waals surface area contributed by atoms with E-state index in [-0.39, 0.29) is 23.9 Å². The van der Waals surface area contributed by atoms with E-state index in [4.69, 9.17) is 31.7 Å². The summed E-state index contributed by atoms with van der Waals surface area (Å²) in [5, 5.41) is 13.0. The molecule has 7 nitrogen and oxygen atoms in total. The van der Waals surface area contributed by atoms with Crippen molar-refractivity contribution in [1.82, 2.24) is 15.1 Å².